The summed E-state index contributed by atoms with van der Waals surface area (Å²) in [6, 6.07) is 9.39. The monoisotopic (exact) mass is 222 g/mol. The highest BCUT2D eigenvalue weighted by atomic mass is 35.5. The van der Waals surface area contributed by atoms with Gasteiger partial charge in [0.2, 0.25) is 0 Å². The van der Waals surface area contributed by atoms with Crippen molar-refractivity contribution in [2.45, 2.75) is 18.9 Å². The Kier molecular flexibility index (Phi) is 2.98. The van der Waals surface area contributed by atoms with Crippen molar-refractivity contribution >= 4 is 23.3 Å². The van der Waals surface area contributed by atoms with Gasteiger partial charge >= 0.3 is 0 Å². The zero-order valence-corrected chi connectivity index (χ0v) is 9.31. The lowest BCUT2D eigenvalue weighted by atomic mass is 10.0. The van der Waals surface area contributed by atoms with Gasteiger partial charge in [-0.15, -0.1) is 12.4 Å². The van der Waals surface area contributed by atoms with E-state index in [4.69, 9.17) is 0 Å². The third-order valence-corrected chi connectivity index (χ3v) is 3.04. The van der Waals surface area contributed by atoms with Crippen molar-refractivity contribution in [1.29, 1.82) is 0 Å². The minimum atomic E-state index is 0. The van der Waals surface area contributed by atoms with Crippen molar-refractivity contribution < 1.29 is 0 Å². The van der Waals surface area contributed by atoms with E-state index in [2.05, 4.69) is 34.6 Å². The molecule has 0 bridgehead atoms. The van der Waals surface area contributed by atoms with Crippen molar-refractivity contribution in [3.63, 3.8) is 0 Å². The number of H-pyrrole nitrogens is 1. The molecular weight excluding hydrogens is 208 g/mol. The van der Waals surface area contributed by atoms with Crippen LogP contribution in [0.1, 0.15) is 24.4 Å². The summed E-state index contributed by atoms with van der Waals surface area (Å²) in [5.41, 5.74) is 2.65. The van der Waals surface area contributed by atoms with Gasteiger partial charge in [-0.3, -0.25) is 0 Å². The topological polar surface area (TPSA) is 27.8 Å². The van der Waals surface area contributed by atoms with Crippen LogP contribution in [0.4, 0.5) is 0 Å². The van der Waals surface area contributed by atoms with Crippen LogP contribution < -0.4 is 5.32 Å². The van der Waals surface area contributed by atoms with E-state index in [1.54, 1.807) is 0 Å². The minimum Gasteiger partial charge on any atom is -0.361 e. The number of hydrogen-bond acceptors (Lipinski definition) is 1. The molecular formula is C12H15ClN2. The molecule has 2 N–H and O–H groups in total. The first kappa shape index (κ1) is 10.5. The fourth-order valence-electron chi connectivity index (χ4n) is 2.26. The zero-order chi connectivity index (χ0) is 9.38. The first-order valence-corrected chi connectivity index (χ1v) is 5.24. The molecule has 0 aliphatic carbocycles. The Bertz CT molecular complexity index is 444. The highest BCUT2D eigenvalue weighted by Crippen LogP contribution is 2.25. The number of hydrogen-bond donors (Lipinski definition) is 2. The van der Waals surface area contributed by atoms with Crippen molar-refractivity contribution in [2.24, 2.45) is 0 Å². The standard InChI is InChI=1S/C12H14N2.ClH/c1-2-11(13-6-1)9-3-4-12-10(8-9)5-7-14-12;/h3-5,7-8,11,13-14H,1-2,6H2;1H/t11-;/m1./s1. The Balaban J connectivity index is 0.000000853. The van der Waals surface area contributed by atoms with Gasteiger partial charge in [-0.1, -0.05) is 6.07 Å². The summed E-state index contributed by atoms with van der Waals surface area (Å²) < 4.78 is 0. The van der Waals surface area contributed by atoms with Crippen LogP contribution in [0.3, 0.4) is 0 Å². The molecule has 1 aromatic heterocycles. The Morgan fingerprint density at radius 1 is 1.20 bits per heavy atom. The Labute approximate surface area is 95.5 Å². The lowest BCUT2D eigenvalue weighted by Gasteiger charge is -2.10. The van der Waals surface area contributed by atoms with Crippen LogP contribution in [0, 0.1) is 0 Å². The van der Waals surface area contributed by atoms with Gasteiger partial charge in [0.15, 0.2) is 0 Å². The molecule has 80 valence electrons. The lowest BCUT2D eigenvalue weighted by molar-refractivity contribution is 0.648. The molecule has 0 unspecified atom stereocenters. The molecule has 1 fully saturated rings. The summed E-state index contributed by atoms with van der Waals surface area (Å²) in [4.78, 5) is 3.22. The van der Waals surface area contributed by atoms with Crippen molar-refractivity contribution in [2.75, 3.05) is 6.54 Å². The molecule has 0 spiro atoms. The molecule has 1 aliphatic heterocycles. The molecule has 1 atom stereocenters. The van der Waals surface area contributed by atoms with E-state index in [1.165, 1.54) is 29.3 Å². The van der Waals surface area contributed by atoms with E-state index >= 15 is 0 Å². The molecule has 1 aliphatic rings. The Morgan fingerprint density at radius 2 is 2.13 bits per heavy atom. The summed E-state index contributed by atoms with van der Waals surface area (Å²) in [6.07, 6.45) is 4.57. The van der Waals surface area contributed by atoms with Crippen molar-refractivity contribution in [3.8, 4) is 0 Å². The molecule has 1 aromatic carbocycles. The third-order valence-electron chi connectivity index (χ3n) is 3.04. The van der Waals surface area contributed by atoms with Gasteiger partial charge in [0.25, 0.3) is 0 Å². The number of aromatic nitrogens is 1. The van der Waals surface area contributed by atoms with Gasteiger partial charge in [-0.2, -0.15) is 0 Å². The molecule has 3 rings (SSSR count). The van der Waals surface area contributed by atoms with Crippen molar-refractivity contribution in [3.05, 3.63) is 36.0 Å². The summed E-state index contributed by atoms with van der Waals surface area (Å²) in [7, 11) is 0. The molecule has 0 radical (unpaired) electrons. The average molecular weight is 223 g/mol. The maximum atomic E-state index is 3.52. The number of halogens is 1. The van der Waals surface area contributed by atoms with Crippen molar-refractivity contribution in [1.82, 2.24) is 10.3 Å². The number of rotatable bonds is 1. The normalized spacial score (nSPS) is 20.4. The largest absolute Gasteiger partial charge is 0.361 e. The Hall–Kier alpha value is -0.990. The predicted octanol–water partition coefficient (Wildman–Crippen LogP) is 3.01. The van der Waals surface area contributed by atoms with Crippen LogP contribution in [0.25, 0.3) is 10.9 Å². The molecule has 2 heterocycles. The maximum absolute atomic E-state index is 3.52. The van der Waals surface area contributed by atoms with Gasteiger partial charge < -0.3 is 10.3 Å². The molecule has 2 nitrogen and oxygen atoms in total. The first-order chi connectivity index (χ1) is 6.93. The highest BCUT2D eigenvalue weighted by molar-refractivity contribution is 5.85. The van der Waals surface area contributed by atoms with E-state index in [1.807, 2.05) is 6.20 Å². The SMILES string of the molecule is Cl.c1cc2cc([C@H]3CCCN3)ccc2[nH]1. The summed E-state index contributed by atoms with van der Waals surface area (Å²) in [5.74, 6) is 0. The smallest absolute Gasteiger partial charge is 0.0454 e. The second kappa shape index (κ2) is 4.25. The van der Waals surface area contributed by atoms with Crippen LogP contribution in [0.15, 0.2) is 30.5 Å². The highest BCUT2D eigenvalue weighted by Gasteiger charge is 2.15. The van der Waals surface area contributed by atoms with Gasteiger partial charge in [-0.25, -0.2) is 0 Å². The van der Waals surface area contributed by atoms with Gasteiger partial charge in [0.1, 0.15) is 0 Å². The number of fused-ring (bicyclic) bond motifs is 1. The van der Waals surface area contributed by atoms with Crippen LogP contribution in [0.2, 0.25) is 0 Å². The van der Waals surface area contributed by atoms with E-state index < -0.39 is 0 Å². The Morgan fingerprint density at radius 3 is 2.93 bits per heavy atom. The lowest BCUT2D eigenvalue weighted by Crippen LogP contribution is -2.12. The third kappa shape index (κ3) is 1.87. The van der Waals surface area contributed by atoms with Crippen LogP contribution in [0.5, 0.6) is 0 Å². The average Bonchev–Trinajstić information content (AvgIpc) is 2.88. The zero-order valence-electron chi connectivity index (χ0n) is 8.49. The second-order valence-corrected chi connectivity index (χ2v) is 3.97. The van der Waals surface area contributed by atoms with Crippen LogP contribution in [-0.2, 0) is 0 Å². The fraction of sp³-hybridized carbons (Fsp3) is 0.333. The number of nitrogens with one attached hydrogen (secondary N) is 2. The summed E-state index contributed by atoms with van der Waals surface area (Å²) in [6.45, 7) is 1.16. The van der Waals surface area contributed by atoms with E-state index in [9.17, 15) is 0 Å². The van der Waals surface area contributed by atoms with Gasteiger partial charge in [-0.05, 0) is 48.5 Å². The predicted molar refractivity (Wildman–Crippen MR) is 65.5 cm³/mol. The molecule has 0 amide bonds. The first-order valence-electron chi connectivity index (χ1n) is 5.24. The number of benzene rings is 1. The minimum absolute atomic E-state index is 0. The number of aromatic amines is 1. The molecule has 2 aromatic rings. The molecule has 1 saturated heterocycles. The summed E-state index contributed by atoms with van der Waals surface area (Å²) >= 11 is 0. The van der Waals surface area contributed by atoms with Crippen LogP contribution in [-0.4, -0.2) is 11.5 Å². The second-order valence-electron chi connectivity index (χ2n) is 3.97. The molecule has 0 saturated carbocycles. The molecule has 3 heteroatoms. The fourth-order valence-corrected chi connectivity index (χ4v) is 2.26. The van der Waals surface area contributed by atoms with E-state index in [-0.39, 0.29) is 12.4 Å². The van der Waals surface area contributed by atoms with Gasteiger partial charge in [0.05, 0.1) is 0 Å². The van der Waals surface area contributed by atoms with E-state index in [0.29, 0.717) is 6.04 Å². The quantitative estimate of drug-likeness (QED) is 0.763. The van der Waals surface area contributed by atoms with E-state index in [0.717, 1.165) is 6.54 Å². The van der Waals surface area contributed by atoms with Crippen LogP contribution >= 0.6 is 12.4 Å². The van der Waals surface area contributed by atoms with Gasteiger partial charge in [0, 0.05) is 17.8 Å². The summed E-state index contributed by atoms with van der Waals surface area (Å²) in [5, 5.41) is 4.84. The molecule has 15 heavy (non-hydrogen) atoms. The maximum Gasteiger partial charge on any atom is 0.0454 e.